The van der Waals surface area contributed by atoms with Crippen molar-refractivity contribution < 1.29 is 5.11 Å². The molecule has 0 aliphatic carbocycles. The minimum atomic E-state index is -0.310. The van der Waals surface area contributed by atoms with Crippen LogP contribution in [0.4, 0.5) is 0 Å². The van der Waals surface area contributed by atoms with Crippen molar-refractivity contribution in [3.63, 3.8) is 0 Å². The number of aromatic amines is 1. The summed E-state index contributed by atoms with van der Waals surface area (Å²) in [6, 6.07) is 1.81. The van der Waals surface area contributed by atoms with Crippen molar-refractivity contribution in [3.8, 4) is 0 Å². The Morgan fingerprint density at radius 2 is 2.46 bits per heavy atom. The molecule has 1 saturated heterocycles. The molecule has 1 atom stereocenters. The second-order valence-corrected chi connectivity index (χ2v) is 7.16. The number of nitrogens with zero attached hydrogens (tertiary/aromatic N) is 2. The fraction of sp³-hybridized carbons (Fsp3) is 0.438. The highest BCUT2D eigenvalue weighted by atomic mass is 32.1. The lowest BCUT2D eigenvalue weighted by molar-refractivity contribution is 0.0655. The number of allylic oxidation sites excluding steroid dienone is 2. The SMILES string of the molecule is C/C(N)=C(/C=N)c1cc2nc(CN3CCCC(O)C3)[nH]c(=O)c2s1. The summed E-state index contributed by atoms with van der Waals surface area (Å²) in [5, 5.41) is 17.3. The van der Waals surface area contributed by atoms with Crippen LogP contribution < -0.4 is 11.3 Å². The van der Waals surface area contributed by atoms with Gasteiger partial charge in [-0.1, -0.05) is 0 Å². The molecule has 0 radical (unpaired) electrons. The zero-order valence-electron chi connectivity index (χ0n) is 13.5. The summed E-state index contributed by atoms with van der Waals surface area (Å²) in [7, 11) is 0. The fourth-order valence-corrected chi connectivity index (χ4v) is 4.03. The Balaban J connectivity index is 1.93. The van der Waals surface area contributed by atoms with Crippen LogP contribution in [0, 0.1) is 5.41 Å². The van der Waals surface area contributed by atoms with Gasteiger partial charge in [0.05, 0.1) is 18.2 Å². The Bertz CT molecular complexity index is 850. The van der Waals surface area contributed by atoms with Gasteiger partial charge in [0.25, 0.3) is 5.56 Å². The minimum Gasteiger partial charge on any atom is -0.402 e. The molecule has 1 fully saturated rings. The number of piperidine rings is 1. The molecule has 8 heteroatoms. The number of hydrogen-bond acceptors (Lipinski definition) is 7. The molecule has 7 nitrogen and oxygen atoms in total. The average molecular weight is 347 g/mol. The maximum Gasteiger partial charge on any atom is 0.268 e. The van der Waals surface area contributed by atoms with Crippen molar-refractivity contribution >= 4 is 33.3 Å². The van der Waals surface area contributed by atoms with Gasteiger partial charge in [0, 0.05) is 28.9 Å². The van der Waals surface area contributed by atoms with Gasteiger partial charge < -0.3 is 21.2 Å². The third-order valence-electron chi connectivity index (χ3n) is 4.12. The quantitative estimate of drug-likeness (QED) is 0.621. The van der Waals surface area contributed by atoms with Crippen LogP contribution in [-0.2, 0) is 6.54 Å². The van der Waals surface area contributed by atoms with Crippen molar-refractivity contribution in [2.45, 2.75) is 32.4 Å². The van der Waals surface area contributed by atoms with E-state index in [0.717, 1.165) is 24.3 Å². The van der Waals surface area contributed by atoms with E-state index in [-0.39, 0.29) is 11.7 Å². The molecule has 0 bridgehead atoms. The van der Waals surface area contributed by atoms with Gasteiger partial charge in [-0.15, -0.1) is 11.3 Å². The number of rotatable bonds is 4. The van der Waals surface area contributed by atoms with E-state index in [2.05, 4.69) is 14.9 Å². The molecule has 3 heterocycles. The minimum absolute atomic E-state index is 0.178. The molecule has 5 N–H and O–H groups in total. The number of aliphatic hydroxyl groups excluding tert-OH is 1. The summed E-state index contributed by atoms with van der Waals surface area (Å²) in [6.45, 7) is 3.73. The van der Waals surface area contributed by atoms with Crippen molar-refractivity contribution in [2.24, 2.45) is 5.73 Å². The van der Waals surface area contributed by atoms with E-state index in [1.54, 1.807) is 13.0 Å². The number of fused-ring (bicyclic) bond motifs is 1. The number of likely N-dealkylation sites (tertiary alicyclic amines) is 1. The fourth-order valence-electron chi connectivity index (χ4n) is 2.96. The van der Waals surface area contributed by atoms with Crippen molar-refractivity contribution in [2.75, 3.05) is 13.1 Å². The van der Waals surface area contributed by atoms with Crippen molar-refractivity contribution in [3.05, 3.63) is 32.8 Å². The molecule has 0 saturated carbocycles. The second kappa shape index (κ2) is 6.84. The van der Waals surface area contributed by atoms with Crippen LogP contribution >= 0.6 is 11.3 Å². The Hall–Kier alpha value is -2.03. The summed E-state index contributed by atoms with van der Waals surface area (Å²) in [5.41, 5.74) is 7.39. The van der Waals surface area contributed by atoms with Gasteiger partial charge in [-0.2, -0.15) is 0 Å². The lowest BCUT2D eigenvalue weighted by Crippen LogP contribution is -2.38. The highest BCUT2D eigenvalue weighted by Crippen LogP contribution is 2.27. The molecule has 2 aromatic rings. The van der Waals surface area contributed by atoms with Crippen LogP contribution in [0.1, 0.15) is 30.5 Å². The van der Waals surface area contributed by atoms with Gasteiger partial charge >= 0.3 is 0 Å². The summed E-state index contributed by atoms with van der Waals surface area (Å²) in [5.74, 6) is 0.593. The number of aliphatic hydroxyl groups is 1. The summed E-state index contributed by atoms with van der Waals surface area (Å²) in [4.78, 5) is 22.6. The van der Waals surface area contributed by atoms with Gasteiger partial charge in [0.15, 0.2) is 0 Å². The standard InChI is InChI=1S/C16H21N5O2S/c1-9(18)11(6-17)13-5-12-15(24-13)16(23)20-14(19-12)8-21-4-2-3-10(22)7-21/h5-6,10,17,22H,2-4,7-8,18H2,1H3,(H,19,20,23)/b11-9+,17-6?. The second-order valence-electron chi connectivity index (χ2n) is 6.11. The Labute approximate surface area is 143 Å². The molecule has 128 valence electrons. The third-order valence-corrected chi connectivity index (χ3v) is 5.28. The summed E-state index contributed by atoms with van der Waals surface area (Å²) < 4.78 is 0.535. The van der Waals surface area contributed by atoms with Gasteiger partial charge in [0.2, 0.25) is 0 Å². The zero-order chi connectivity index (χ0) is 17.3. The first-order valence-electron chi connectivity index (χ1n) is 7.88. The van der Waals surface area contributed by atoms with Crippen LogP contribution in [0.3, 0.4) is 0 Å². The molecular weight excluding hydrogens is 326 g/mol. The zero-order valence-corrected chi connectivity index (χ0v) is 14.3. The maximum atomic E-state index is 12.3. The molecular formula is C16H21N5O2S. The van der Waals surface area contributed by atoms with Crippen LogP contribution in [0.2, 0.25) is 0 Å². The lowest BCUT2D eigenvalue weighted by Gasteiger charge is -2.29. The van der Waals surface area contributed by atoms with Crippen LogP contribution in [0.15, 0.2) is 16.6 Å². The summed E-state index contributed by atoms with van der Waals surface area (Å²) in [6.07, 6.45) is 2.66. The van der Waals surface area contributed by atoms with E-state index >= 15 is 0 Å². The van der Waals surface area contributed by atoms with Crippen molar-refractivity contribution in [1.29, 1.82) is 5.41 Å². The van der Waals surface area contributed by atoms with E-state index in [0.29, 0.717) is 40.4 Å². The summed E-state index contributed by atoms with van der Waals surface area (Å²) >= 11 is 1.29. The first kappa shape index (κ1) is 16.8. The first-order valence-corrected chi connectivity index (χ1v) is 8.70. The number of thiophene rings is 1. The third kappa shape index (κ3) is 3.40. The molecule has 2 aromatic heterocycles. The number of hydrogen-bond donors (Lipinski definition) is 4. The normalized spacial score (nSPS) is 20.2. The molecule has 3 rings (SSSR count). The van der Waals surface area contributed by atoms with Gasteiger partial charge in [0.1, 0.15) is 10.5 Å². The van der Waals surface area contributed by atoms with Crippen LogP contribution in [0.5, 0.6) is 0 Å². The highest BCUT2D eigenvalue weighted by Gasteiger charge is 2.19. The van der Waals surface area contributed by atoms with Crippen LogP contribution in [0.25, 0.3) is 15.8 Å². The molecule has 0 aromatic carbocycles. The van der Waals surface area contributed by atoms with Gasteiger partial charge in [-0.05, 0) is 32.4 Å². The molecule has 1 aliphatic heterocycles. The maximum absolute atomic E-state index is 12.3. The van der Waals surface area contributed by atoms with E-state index in [4.69, 9.17) is 11.1 Å². The van der Waals surface area contributed by atoms with Gasteiger partial charge in [-0.3, -0.25) is 9.69 Å². The predicted molar refractivity (Wildman–Crippen MR) is 96.3 cm³/mol. The number of nitrogens with one attached hydrogen (secondary N) is 2. The topological polar surface area (TPSA) is 119 Å². The predicted octanol–water partition coefficient (Wildman–Crippen LogP) is 1.28. The lowest BCUT2D eigenvalue weighted by atomic mass is 10.1. The Morgan fingerprint density at radius 3 is 3.12 bits per heavy atom. The largest absolute Gasteiger partial charge is 0.402 e. The smallest absolute Gasteiger partial charge is 0.268 e. The van der Waals surface area contributed by atoms with E-state index in [9.17, 15) is 9.90 Å². The average Bonchev–Trinajstić information content (AvgIpc) is 2.91. The van der Waals surface area contributed by atoms with E-state index in [1.807, 2.05) is 0 Å². The van der Waals surface area contributed by atoms with E-state index < -0.39 is 0 Å². The number of H-pyrrole nitrogens is 1. The van der Waals surface area contributed by atoms with Crippen molar-refractivity contribution in [1.82, 2.24) is 14.9 Å². The molecule has 1 aliphatic rings. The number of aromatic nitrogens is 2. The van der Waals surface area contributed by atoms with E-state index in [1.165, 1.54) is 17.6 Å². The number of β-amino-alcohol motifs (C(OH)–C–C–N with tert-alkyl or cyclic N) is 1. The number of nitrogens with two attached hydrogens (primary N) is 1. The van der Waals surface area contributed by atoms with Gasteiger partial charge in [-0.25, -0.2) is 4.98 Å². The molecule has 24 heavy (non-hydrogen) atoms. The van der Waals surface area contributed by atoms with Crippen LogP contribution in [-0.4, -0.2) is 45.4 Å². The monoisotopic (exact) mass is 347 g/mol. The molecule has 0 spiro atoms. The molecule has 1 unspecified atom stereocenters. The first-order chi connectivity index (χ1) is 11.5. The highest BCUT2D eigenvalue weighted by molar-refractivity contribution is 7.20. The molecule has 0 amide bonds. The Morgan fingerprint density at radius 1 is 1.67 bits per heavy atom. The Kier molecular flexibility index (Phi) is 4.79.